The van der Waals surface area contributed by atoms with E-state index in [0.717, 1.165) is 18.4 Å². The van der Waals surface area contributed by atoms with Crippen LogP contribution in [0, 0.1) is 6.92 Å². The molecule has 0 radical (unpaired) electrons. The largest absolute Gasteiger partial charge is 0.381 e. The van der Waals surface area contributed by atoms with Gasteiger partial charge < -0.3 is 15.4 Å². The van der Waals surface area contributed by atoms with Gasteiger partial charge in [0.15, 0.2) is 0 Å². The summed E-state index contributed by atoms with van der Waals surface area (Å²) < 4.78 is 5.50. The Morgan fingerprint density at radius 1 is 0.962 bits per heavy atom. The van der Waals surface area contributed by atoms with Crippen LogP contribution in [0.15, 0.2) is 54.6 Å². The number of carbonyl (C=O) groups is 2. The number of aryl methyl sites for hydroxylation is 1. The molecule has 2 amide bonds. The summed E-state index contributed by atoms with van der Waals surface area (Å²) in [6.07, 6.45) is 1.63. The van der Waals surface area contributed by atoms with E-state index >= 15 is 0 Å². The summed E-state index contributed by atoms with van der Waals surface area (Å²) in [5.74, 6) is -1.27. The van der Waals surface area contributed by atoms with Crippen LogP contribution in [0.5, 0.6) is 0 Å². The molecule has 1 aliphatic heterocycles. The zero-order valence-electron chi connectivity index (χ0n) is 15.0. The molecule has 1 fully saturated rings. The zero-order chi connectivity index (χ0) is 18.4. The van der Waals surface area contributed by atoms with E-state index in [-0.39, 0.29) is 5.41 Å². The van der Waals surface area contributed by atoms with Gasteiger partial charge in [-0.1, -0.05) is 48.0 Å². The summed E-state index contributed by atoms with van der Waals surface area (Å²) in [7, 11) is 0. The van der Waals surface area contributed by atoms with Crippen molar-refractivity contribution in [3.63, 3.8) is 0 Å². The molecule has 26 heavy (non-hydrogen) atoms. The summed E-state index contributed by atoms with van der Waals surface area (Å²) in [6.45, 7) is 3.69. The Balaban J connectivity index is 1.64. The third-order valence-corrected chi connectivity index (χ3v) is 4.94. The molecule has 1 saturated heterocycles. The number of benzene rings is 2. The first-order valence-electron chi connectivity index (χ1n) is 8.88. The van der Waals surface area contributed by atoms with Gasteiger partial charge in [0.2, 0.25) is 0 Å². The molecule has 2 aromatic carbocycles. The lowest BCUT2D eigenvalue weighted by atomic mass is 9.74. The number of carbonyl (C=O) groups excluding carboxylic acids is 2. The highest BCUT2D eigenvalue weighted by Crippen LogP contribution is 2.34. The van der Waals surface area contributed by atoms with Crippen molar-refractivity contribution >= 4 is 17.5 Å². The summed E-state index contributed by atoms with van der Waals surface area (Å²) in [4.78, 5) is 24.4. The van der Waals surface area contributed by atoms with Crippen molar-refractivity contribution in [3.05, 3.63) is 65.7 Å². The van der Waals surface area contributed by atoms with E-state index in [4.69, 9.17) is 4.74 Å². The van der Waals surface area contributed by atoms with Gasteiger partial charge in [-0.25, -0.2) is 0 Å². The topological polar surface area (TPSA) is 67.4 Å². The molecule has 2 aromatic rings. The second kappa shape index (κ2) is 8.15. The third-order valence-electron chi connectivity index (χ3n) is 4.94. The highest BCUT2D eigenvalue weighted by Gasteiger charge is 2.35. The predicted molar refractivity (Wildman–Crippen MR) is 101 cm³/mol. The Morgan fingerprint density at radius 3 is 2.27 bits per heavy atom. The van der Waals surface area contributed by atoms with Crippen LogP contribution in [-0.2, 0) is 19.7 Å². The molecule has 0 atom stereocenters. The van der Waals surface area contributed by atoms with Crippen LogP contribution in [-0.4, -0.2) is 31.6 Å². The second-order valence-corrected chi connectivity index (χ2v) is 6.76. The van der Waals surface area contributed by atoms with Crippen LogP contribution < -0.4 is 10.6 Å². The molecular weight excluding hydrogens is 328 g/mol. The van der Waals surface area contributed by atoms with Crippen molar-refractivity contribution in [1.82, 2.24) is 5.32 Å². The van der Waals surface area contributed by atoms with Crippen molar-refractivity contribution in [3.8, 4) is 0 Å². The molecule has 5 heteroatoms. The number of anilines is 1. The molecule has 0 bridgehead atoms. The van der Waals surface area contributed by atoms with Crippen LogP contribution in [0.1, 0.15) is 24.0 Å². The van der Waals surface area contributed by atoms with E-state index in [1.807, 2.05) is 37.3 Å². The van der Waals surface area contributed by atoms with E-state index in [2.05, 4.69) is 22.8 Å². The Labute approximate surface area is 153 Å². The van der Waals surface area contributed by atoms with Crippen LogP contribution in [0.4, 0.5) is 5.69 Å². The summed E-state index contributed by atoms with van der Waals surface area (Å²) in [5.41, 5.74) is 2.68. The van der Waals surface area contributed by atoms with Crippen molar-refractivity contribution < 1.29 is 14.3 Å². The quantitative estimate of drug-likeness (QED) is 0.832. The number of rotatable bonds is 4. The fraction of sp³-hybridized carbons (Fsp3) is 0.333. The minimum atomic E-state index is -0.649. The fourth-order valence-corrected chi connectivity index (χ4v) is 3.28. The molecule has 5 nitrogen and oxygen atoms in total. The molecule has 1 aliphatic rings. The zero-order valence-corrected chi connectivity index (χ0v) is 15.0. The Morgan fingerprint density at radius 2 is 1.62 bits per heavy atom. The average molecular weight is 352 g/mol. The Bertz CT molecular complexity index is 751. The van der Waals surface area contributed by atoms with Gasteiger partial charge in [0.05, 0.1) is 0 Å². The van der Waals surface area contributed by atoms with Gasteiger partial charge >= 0.3 is 11.8 Å². The first-order chi connectivity index (χ1) is 12.6. The number of hydrogen-bond acceptors (Lipinski definition) is 3. The standard InChI is InChI=1S/C21H24N2O3/c1-16-7-9-18(10-8-16)23-20(25)19(24)22-15-21(11-13-26-14-12-21)17-5-3-2-4-6-17/h2-10H,11-15H2,1H3,(H,22,24)(H,23,25). The maximum Gasteiger partial charge on any atom is 0.313 e. The number of amides is 2. The van der Waals surface area contributed by atoms with E-state index in [1.54, 1.807) is 12.1 Å². The Kier molecular flexibility index (Phi) is 5.68. The fourth-order valence-electron chi connectivity index (χ4n) is 3.28. The minimum absolute atomic E-state index is 0.195. The van der Waals surface area contributed by atoms with E-state index < -0.39 is 11.8 Å². The lowest BCUT2D eigenvalue weighted by Gasteiger charge is -2.37. The third kappa shape index (κ3) is 4.29. The summed E-state index contributed by atoms with van der Waals surface area (Å²) in [5, 5.41) is 5.45. The molecule has 1 heterocycles. The lowest BCUT2D eigenvalue weighted by Crippen LogP contribution is -2.47. The van der Waals surface area contributed by atoms with Gasteiger partial charge in [0, 0.05) is 30.9 Å². The highest BCUT2D eigenvalue weighted by atomic mass is 16.5. The molecule has 0 unspecified atom stereocenters. The summed E-state index contributed by atoms with van der Waals surface area (Å²) >= 11 is 0. The van der Waals surface area contributed by atoms with Crippen LogP contribution in [0.3, 0.4) is 0 Å². The first-order valence-corrected chi connectivity index (χ1v) is 8.88. The van der Waals surface area contributed by atoms with Crippen molar-refractivity contribution in [2.75, 3.05) is 25.1 Å². The summed E-state index contributed by atoms with van der Waals surface area (Å²) in [6, 6.07) is 17.5. The van der Waals surface area contributed by atoms with Gasteiger partial charge in [0.1, 0.15) is 0 Å². The SMILES string of the molecule is Cc1ccc(NC(=O)C(=O)NCC2(c3ccccc3)CCOCC2)cc1. The number of nitrogens with one attached hydrogen (secondary N) is 2. The highest BCUT2D eigenvalue weighted by molar-refractivity contribution is 6.39. The molecule has 0 saturated carbocycles. The smallest absolute Gasteiger partial charge is 0.313 e. The van der Waals surface area contributed by atoms with Gasteiger partial charge in [-0.3, -0.25) is 9.59 Å². The van der Waals surface area contributed by atoms with Gasteiger partial charge in [-0.2, -0.15) is 0 Å². The molecule has 2 N–H and O–H groups in total. The number of hydrogen-bond donors (Lipinski definition) is 2. The maximum absolute atomic E-state index is 12.3. The van der Waals surface area contributed by atoms with E-state index in [9.17, 15) is 9.59 Å². The minimum Gasteiger partial charge on any atom is -0.381 e. The molecule has 0 aliphatic carbocycles. The molecule has 3 rings (SSSR count). The van der Waals surface area contributed by atoms with Crippen LogP contribution >= 0.6 is 0 Å². The normalized spacial score (nSPS) is 15.9. The first kappa shape index (κ1) is 18.1. The van der Waals surface area contributed by atoms with Crippen molar-refractivity contribution in [2.45, 2.75) is 25.2 Å². The van der Waals surface area contributed by atoms with Crippen LogP contribution in [0.2, 0.25) is 0 Å². The van der Waals surface area contributed by atoms with Gasteiger partial charge in [-0.15, -0.1) is 0 Å². The second-order valence-electron chi connectivity index (χ2n) is 6.76. The van der Waals surface area contributed by atoms with Crippen LogP contribution in [0.25, 0.3) is 0 Å². The molecular formula is C21H24N2O3. The maximum atomic E-state index is 12.3. The van der Waals surface area contributed by atoms with E-state index in [0.29, 0.717) is 25.4 Å². The number of ether oxygens (including phenoxy) is 1. The monoisotopic (exact) mass is 352 g/mol. The molecule has 0 aromatic heterocycles. The van der Waals surface area contributed by atoms with Crippen molar-refractivity contribution in [1.29, 1.82) is 0 Å². The lowest BCUT2D eigenvalue weighted by molar-refractivity contribution is -0.136. The molecule has 136 valence electrons. The molecule has 0 spiro atoms. The van der Waals surface area contributed by atoms with Crippen molar-refractivity contribution in [2.24, 2.45) is 0 Å². The van der Waals surface area contributed by atoms with Gasteiger partial charge in [0.25, 0.3) is 0 Å². The Hall–Kier alpha value is -2.66. The predicted octanol–water partition coefficient (Wildman–Crippen LogP) is 2.80. The van der Waals surface area contributed by atoms with Gasteiger partial charge in [-0.05, 0) is 37.5 Å². The average Bonchev–Trinajstić information content (AvgIpc) is 2.69. The van der Waals surface area contributed by atoms with E-state index in [1.165, 1.54) is 5.56 Å².